The third kappa shape index (κ3) is 7.34. The quantitative estimate of drug-likeness (QED) is 0.415. The van der Waals surface area contributed by atoms with Crippen LogP contribution < -0.4 is 10.6 Å². The van der Waals surface area contributed by atoms with Gasteiger partial charge in [0.25, 0.3) is 0 Å². The molecule has 0 aliphatic carbocycles. The van der Waals surface area contributed by atoms with E-state index in [4.69, 9.17) is 21.8 Å². The average Bonchev–Trinajstić information content (AvgIpc) is 3.23. The maximum Gasteiger partial charge on any atom is 0.303 e. The molecule has 0 saturated heterocycles. The summed E-state index contributed by atoms with van der Waals surface area (Å²) in [6.07, 6.45) is 5.20. The van der Waals surface area contributed by atoms with Gasteiger partial charge in [0, 0.05) is 18.9 Å². The summed E-state index contributed by atoms with van der Waals surface area (Å²) < 4.78 is 1.86. The molecule has 0 amide bonds. The van der Waals surface area contributed by atoms with E-state index in [-0.39, 0.29) is 12.8 Å². The molecule has 1 aliphatic heterocycles. The van der Waals surface area contributed by atoms with Gasteiger partial charge in [-0.2, -0.15) is 5.10 Å². The first kappa shape index (κ1) is 24.3. The first-order valence-electron chi connectivity index (χ1n) is 10.7. The predicted octanol–water partition coefficient (Wildman–Crippen LogP) is 3.76. The van der Waals surface area contributed by atoms with Gasteiger partial charge in [-0.15, -0.1) is 0 Å². The highest BCUT2D eigenvalue weighted by atomic mass is 35.5. The SMILES string of the molecule is Clc1ccc2c(c1NCc1ccc(-n3cccn3)cc1)CCNCC2.O=C(O)CCC(=O)O. The lowest BCUT2D eigenvalue weighted by Gasteiger charge is -2.16. The van der Waals surface area contributed by atoms with Crippen molar-refractivity contribution in [2.24, 2.45) is 0 Å². The number of halogens is 1. The number of nitrogens with zero attached hydrogens (tertiary/aromatic N) is 2. The Bertz CT molecular complexity index is 1050. The second-order valence-corrected chi connectivity index (χ2v) is 7.98. The second kappa shape index (κ2) is 12.0. The van der Waals surface area contributed by atoms with Crippen molar-refractivity contribution in [1.29, 1.82) is 0 Å². The van der Waals surface area contributed by atoms with Gasteiger partial charge in [0.15, 0.2) is 0 Å². The Balaban J connectivity index is 0.000000331. The molecule has 2 heterocycles. The van der Waals surface area contributed by atoms with Gasteiger partial charge in [-0.05, 0) is 66.9 Å². The number of rotatable bonds is 7. The molecular formula is C24H27ClN4O4. The van der Waals surface area contributed by atoms with E-state index in [0.717, 1.165) is 48.9 Å². The predicted molar refractivity (Wildman–Crippen MR) is 127 cm³/mol. The number of aromatic nitrogens is 2. The lowest BCUT2D eigenvalue weighted by atomic mass is 10.0. The van der Waals surface area contributed by atoms with Gasteiger partial charge < -0.3 is 20.8 Å². The molecule has 9 heteroatoms. The van der Waals surface area contributed by atoms with Gasteiger partial charge in [-0.25, -0.2) is 4.68 Å². The van der Waals surface area contributed by atoms with Crippen LogP contribution >= 0.6 is 11.6 Å². The van der Waals surface area contributed by atoms with Crippen molar-refractivity contribution in [3.63, 3.8) is 0 Å². The van der Waals surface area contributed by atoms with Crippen LogP contribution in [0.1, 0.15) is 29.5 Å². The minimum Gasteiger partial charge on any atom is -0.481 e. The second-order valence-electron chi connectivity index (χ2n) is 7.57. The van der Waals surface area contributed by atoms with Crippen LogP contribution in [-0.4, -0.2) is 45.0 Å². The summed E-state index contributed by atoms with van der Waals surface area (Å²) in [5.74, 6) is -2.15. The lowest BCUT2D eigenvalue weighted by molar-refractivity contribution is -0.143. The number of benzene rings is 2. The Morgan fingerprint density at radius 3 is 2.36 bits per heavy atom. The fourth-order valence-electron chi connectivity index (χ4n) is 3.53. The zero-order valence-electron chi connectivity index (χ0n) is 18.1. The van der Waals surface area contributed by atoms with Gasteiger partial charge in [0.2, 0.25) is 0 Å². The molecule has 8 nitrogen and oxygen atoms in total. The molecule has 33 heavy (non-hydrogen) atoms. The van der Waals surface area contributed by atoms with Crippen LogP contribution in [0.5, 0.6) is 0 Å². The maximum absolute atomic E-state index is 9.64. The van der Waals surface area contributed by atoms with E-state index in [9.17, 15) is 9.59 Å². The molecule has 4 N–H and O–H groups in total. The molecule has 174 valence electrons. The Morgan fingerprint density at radius 2 is 1.73 bits per heavy atom. The number of hydrogen-bond donors (Lipinski definition) is 4. The highest BCUT2D eigenvalue weighted by Gasteiger charge is 2.14. The molecule has 0 atom stereocenters. The fraction of sp³-hybridized carbons (Fsp3) is 0.292. The van der Waals surface area contributed by atoms with Crippen molar-refractivity contribution in [3.8, 4) is 5.69 Å². The van der Waals surface area contributed by atoms with Gasteiger partial charge in [-0.1, -0.05) is 29.8 Å². The summed E-state index contributed by atoms with van der Waals surface area (Å²) in [6, 6.07) is 14.5. The van der Waals surface area contributed by atoms with Crippen LogP contribution in [0.4, 0.5) is 5.69 Å². The van der Waals surface area contributed by atoms with Gasteiger partial charge >= 0.3 is 11.9 Å². The van der Waals surface area contributed by atoms with Crippen LogP contribution in [-0.2, 0) is 29.0 Å². The molecule has 0 bridgehead atoms. The summed E-state index contributed by atoms with van der Waals surface area (Å²) in [5.41, 5.74) is 6.11. The number of nitrogens with one attached hydrogen (secondary N) is 2. The number of carboxylic acids is 2. The van der Waals surface area contributed by atoms with E-state index in [1.165, 1.54) is 16.7 Å². The van der Waals surface area contributed by atoms with E-state index in [1.807, 2.05) is 23.0 Å². The summed E-state index contributed by atoms with van der Waals surface area (Å²) in [7, 11) is 0. The van der Waals surface area contributed by atoms with Gasteiger partial charge in [0.1, 0.15) is 0 Å². The first-order chi connectivity index (χ1) is 15.9. The number of anilines is 1. The average molecular weight is 471 g/mol. The Morgan fingerprint density at radius 1 is 1.03 bits per heavy atom. The number of carbonyl (C=O) groups is 2. The fourth-order valence-corrected chi connectivity index (χ4v) is 3.77. The van der Waals surface area contributed by atoms with Crippen LogP contribution in [0.3, 0.4) is 0 Å². The van der Waals surface area contributed by atoms with E-state index in [1.54, 1.807) is 6.20 Å². The maximum atomic E-state index is 9.64. The normalized spacial score (nSPS) is 12.6. The van der Waals surface area contributed by atoms with Crippen molar-refractivity contribution >= 4 is 29.2 Å². The van der Waals surface area contributed by atoms with Crippen LogP contribution in [0.2, 0.25) is 5.02 Å². The number of fused-ring (bicyclic) bond motifs is 1. The number of hydrogen-bond acceptors (Lipinski definition) is 5. The van der Waals surface area contributed by atoms with E-state index < -0.39 is 11.9 Å². The van der Waals surface area contributed by atoms with Crippen LogP contribution in [0, 0.1) is 0 Å². The molecule has 0 saturated carbocycles. The smallest absolute Gasteiger partial charge is 0.303 e. The third-order valence-corrected chi connectivity index (χ3v) is 5.52. The highest BCUT2D eigenvalue weighted by molar-refractivity contribution is 6.33. The largest absolute Gasteiger partial charge is 0.481 e. The standard InChI is InChI=1S/C20H21ClN4.C4H6O4/c21-19-7-4-16-8-11-22-12-9-18(16)20(19)23-14-15-2-5-17(6-3-15)25-13-1-10-24-25;5-3(6)1-2-4(7)8/h1-7,10,13,22-23H,8-9,11-12,14H2;1-2H2,(H,5,6)(H,7,8). The number of carboxylic acid groups (broad SMARTS) is 2. The Kier molecular flexibility index (Phi) is 8.86. The molecule has 0 fully saturated rings. The van der Waals surface area contributed by atoms with Crippen molar-refractivity contribution in [2.75, 3.05) is 18.4 Å². The van der Waals surface area contributed by atoms with Crippen molar-refractivity contribution in [3.05, 3.63) is 76.6 Å². The van der Waals surface area contributed by atoms with Gasteiger partial charge in [-0.3, -0.25) is 9.59 Å². The lowest BCUT2D eigenvalue weighted by Crippen LogP contribution is -2.16. The van der Waals surface area contributed by atoms with E-state index in [0.29, 0.717) is 0 Å². The Labute approximate surface area is 197 Å². The molecule has 0 unspecified atom stereocenters. The van der Waals surface area contributed by atoms with Crippen molar-refractivity contribution < 1.29 is 19.8 Å². The number of aliphatic carboxylic acids is 2. The summed E-state index contributed by atoms with van der Waals surface area (Å²) >= 11 is 6.48. The molecule has 0 spiro atoms. The van der Waals surface area contributed by atoms with E-state index in [2.05, 4.69) is 46.1 Å². The van der Waals surface area contributed by atoms with E-state index >= 15 is 0 Å². The molecular weight excluding hydrogens is 444 g/mol. The van der Waals surface area contributed by atoms with Crippen molar-refractivity contribution in [1.82, 2.24) is 15.1 Å². The molecule has 1 aromatic heterocycles. The first-order valence-corrected chi connectivity index (χ1v) is 11.1. The Hall–Kier alpha value is -3.36. The minimum absolute atomic E-state index is 0.296. The monoisotopic (exact) mass is 470 g/mol. The molecule has 3 aromatic rings. The zero-order chi connectivity index (χ0) is 23.6. The molecule has 1 aliphatic rings. The molecule has 2 aromatic carbocycles. The van der Waals surface area contributed by atoms with Gasteiger partial charge in [0.05, 0.1) is 29.2 Å². The van der Waals surface area contributed by atoms with Crippen LogP contribution in [0.25, 0.3) is 5.69 Å². The molecule has 0 radical (unpaired) electrons. The summed E-state index contributed by atoms with van der Waals surface area (Å²) in [5, 5.41) is 27.9. The van der Waals surface area contributed by atoms with Crippen molar-refractivity contribution in [2.45, 2.75) is 32.2 Å². The summed E-state index contributed by atoms with van der Waals surface area (Å²) in [4.78, 5) is 19.3. The minimum atomic E-state index is -1.08. The summed E-state index contributed by atoms with van der Waals surface area (Å²) in [6.45, 7) is 2.78. The molecule has 4 rings (SSSR count). The topological polar surface area (TPSA) is 116 Å². The third-order valence-electron chi connectivity index (χ3n) is 5.21. The zero-order valence-corrected chi connectivity index (χ0v) is 18.9. The highest BCUT2D eigenvalue weighted by Crippen LogP contribution is 2.31. The van der Waals surface area contributed by atoms with Crippen LogP contribution in [0.15, 0.2) is 54.9 Å².